The van der Waals surface area contributed by atoms with Crippen LogP contribution in [0.25, 0.3) is 0 Å². The van der Waals surface area contributed by atoms with Gasteiger partial charge >= 0.3 is 0 Å². The molecule has 0 aliphatic carbocycles. The van der Waals surface area contributed by atoms with Gasteiger partial charge in [0.05, 0.1) is 5.02 Å². The van der Waals surface area contributed by atoms with E-state index in [1.807, 2.05) is 11.0 Å². The molecule has 0 bridgehead atoms. The molecule has 0 saturated carbocycles. The lowest BCUT2D eigenvalue weighted by Crippen LogP contribution is -2.56. The number of carbonyl (C=O) groups is 1. The van der Waals surface area contributed by atoms with Crippen LogP contribution >= 0.6 is 27.5 Å². The van der Waals surface area contributed by atoms with Crippen LogP contribution in [0.1, 0.15) is 24.2 Å². The zero-order valence-electron chi connectivity index (χ0n) is 10.4. The summed E-state index contributed by atoms with van der Waals surface area (Å²) in [5.74, 6) is 0.0465. The number of hydrogen-bond acceptors (Lipinski definition) is 2. The predicted molar refractivity (Wildman–Crippen MR) is 77.1 cm³/mol. The first kappa shape index (κ1) is 13.8. The normalized spacial score (nSPS) is 24.1. The van der Waals surface area contributed by atoms with Gasteiger partial charge in [-0.15, -0.1) is 0 Å². The number of rotatable bonds is 1. The minimum absolute atomic E-state index is 0.0465. The average molecular weight is 332 g/mol. The van der Waals surface area contributed by atoms with Gasteiger partial charge in [0.25, 0.3) is 5.91 Å². The van der Waals surface area contributed by atoms with Crippen molar-refractivity contribution in [1.29, 1.82) is 0 Å². The number of carbonyl (C=O) groups excluding carboxylic acids is 1. The second kappa shape index (κ2) is 5.59. The minimum Gasteiger partial charge on any atom is -0.333 e. The molecule has 1 aromatic carbocycles. The minimum atomic E-state index is 0.0465. The Kier molecular flexibility index (Phi) is 4.30. The molecule has 18 heavy (non-hydrogen) atoms. The molecular formula is C13H16BrClN2O. The van der Waals surface area contributed by atoms with Crippen LogP contribution in [0, 0.1) is 0 Å². The lowest BCUT2D eigenvalue weighted by atomic mass is 10.1. The van der Waals surface area contributed by atoms with Crippen LogP contribution < -0.4 is 5.32 Å². The molecule has 1 fully saturated rings. The van der Waals surface area contributed by atoms with E-state index >= 15 is 0 Å². The summed E-state index contributed by atoms with van der Waals surface area (Å²) < 4.78 is 0.808. The lowest BCUT2D eigenvalue weighted by Gasteiger charge is -2.37. The van der Waals surface area contributed by atoms with Gasteiger partial charge in [-0.3, -0.25) is 4.79 Å². The highest BCUT2D eigenvalue weighted by Gasteiger charge is 2.27. The second-order valence-electron chi connectivity index (χ2n) is 4.74. The Morgan fingerprint density at radius 3 is 2.89 bits per heavy atom. The second-order valence-corrected chi connectivity index (χ2v) is 6.01. The van der Waals surface area contributed by atoms with Gasteiger partial charge in [0.15, 0.2) is 0 Å². The zero-order valence-corrected chi connectivity index (χ0v) is 12.8. The van der Waals surface area contributed by atoms with Crippen LogP contribution in [0.5, 0.6) is 0 Å². The van der Waals surface area contributed by atoms with Gasteiger partial charge in [0.1, 0.15) is 0 Å². The fourth-order valence-electron chi connectivity index (χ4n) is 2.10. The van der Waals surface area contributed by atoms with E-state index in [1.165, 1.54) is 0 Å². The highest BCUT2D eigenvalue weighted by atomic mass is 79.9. The van der Waals surface area contributed by atoms with Gasteiger partial charge in [-0.1, -0.05) is 11.6 Å². The molecule has 2 unspecified atom stereocenters. The van der Waals surface area contributed by atoms with Gasteiger partial charge in [-0.05, 0) is 48.0 Å². The van der Waals surface area contributed by atoms with Crippen molar-refractivity contribution >= 4 is 33.4 Å². The molecule has 1 aliphatic rings. The van der Waals surface area contributed by atoms with Gasteiger partial charge in [0, 0.05) is 35.2 Å². The van der Waals surface area contributed by atoms with Crippen molar-refractivity contribution in [3.05, 3.63) is 33.3 Å². The number of piperazine rings is 1. The Labute approximate surface area is 121 Å². The van der Waals surface area contributed by atoms with Crippen molar-refractivity contribution in [2.75, 3.05) is 13.1 Å². The number of hydrogen-bond donors (Lipinski definition) is 1. The molecule has 2 rings (SSSR count). The number of nitrogens with one attached hydrogen (secondary N) is 1. The van der Waals surface area contributed by atoms with Crippen LogP contribution in [-0.4, -0.2) is 36.0 Å². The highest BCUT2D eigenvalue weighted by molar-refractivity contribution is 9.10. The molecule has 98 valence electrons. The van der Waals surface area contributed by atoms with Crippen molar-refractivity contribution in [3.63, 3.8) is 0 Å². The third-order valence-corrected chi connectivity index (χ3v) is 4.42. The van der Waals surface area contributed by atoms with E-state index in [0.29, 0.717) is 16.6 Å². The number of nitrogens with zero attached hydrogens (tertiary/aromatic N) is 1. The number of benzene rings is 1. The van der Waals surface area contributed by atoms with E-state index in [0.717, 1.165) is 17.6 Å². The van der Waals surface area contributed by atoms with Gasteiger partial charge in [-0.2, -0.15) is 0 Å². The average Bonchev–Trinajstić information content (AvgIpc) is 2.35. The third-order valence-electron chi connectivity index (χ3n) is 3.19. The quantitative estimate of drug-likeness (QED) is 0.858. The van der Waals surface area contributed by atoms with E-state index in [4.69, 9.17) is 11.6 Å². The smallest absolute Gasteiger partial charge is 0.254 e. The Balaban J connectivity index is 2.21. The predicted octanol–water partition coefficient (Wildman–Crippen LogP) is 2.92. The van der Waals surface area contributed by atoms with Crippen molar-refractivity contribution in [2.45, 2.75) is 25.9 Å². The van der Waals surface area contributed by atoms with Gasteiger partial charge < -0.3 is 10.2 Å². The molecule has 1 heterocycles. The molecule has 0 radical (unpaired) electrons. The summed E-state index contributed by atoms with van der Waals surface area (Å²) in [5.41, 5.74) is 0.643. The van der Waals surface area contributed by atoms with Crippen molar-refractivity contribution in [2.24, 2.45) is 0 Å². The molecule has 3 nitrogen and oxygen atoms in total. The molecule has 1 aromatic rings. The number of amides is 1. The lowest BCUT2D eigenvalue weighted by molar-refractivity contribution is 0.0616. The molecule has 1 N–H and O–H groups in total. The molecule has 5 heteroatoms. The van der Waals surface area contributed by atoms with Crippen molar-refractivity contribution in [1.82, 2.24) is 10.2 Å². The van der Waals surface area contributed by atoms with Gasteiger partial charge in [0.2, 0.25) is 0 Å². The Bertz CT molecular complexity index is 466. The first-order valence-electron chi connectivity index (χ1n) is 5.98. The summed E-state index contributed by atoms with van der Waals surface area (Å²) in [6, 6.07) is 5.86. The largest absolute Gasteiger partial charge is 0.333 e. The first-order valence-corrected chi connectivity index (χ1v) is 7.15. The number of halogens is 2. The summed E-state index contributed by atoms with van der Waals surface area (Å²) in [4.78, 5) is 14.3. The maximum absolute atomic E-state index is 12.4. The van der Waals surface area contributed by atoms with Crippen molar-refractivity contribution in [3.8, 4) is 0 Å². The van der Waals surface area contributed by atoms with Crippen LogP contribution in [0.15, 0.2) is 22.7 Å². The van der Waals surface area contributed by atoms with Crippen molar-refractivity contribution < 1.29 is 4.79 Å². The maximum Gasteiger partial charge on any atom is 0.254 e. The first-order chi connectivity index (χ1) is 8.49. The van der Waals surface area contributed by atoms with E-state index in [-0.39, 0.29) is 11.9 Å². The molecule has 0 aromatic heterocycles. The fourth-order valence-corrected chi connectivity index (χ4v) is 2.53. The monoisotopic (exact) mass is 330 g/mol. The molecule has 1 amide bonds. The Hall–Kier alpha value is -0.580. The van der Waals surface area contributed by atoms with Gasteiger partial charge in [-0.25, -0.2) is 0 Å². The standard InChI is InChI=1S/C13H16BrClN2O/c1-8-7-17(9(2)6-16-8)13(18)10-3-4-11(14)12(15)5-10/h3-5,8-9,16H,6-7H2,1-2H3. The van der Waals surface area contributed by atoms with Crippen LogP contribution in [0.4, 0.5) is 0 Å². The zero-order chi connectivity index (χ0) is 13.3. The van der Waals surface area contributed by atoms with Crippen LogP contribution in [0.3, 0.4) is 0 Å². The Morgan fingerprint density at radius 2 is 2.22 bits per heavy atom. The van der Waals surface area contributed by atoms with E-state index in [9.17, 15) is 4.79 Å². The van der Waals surface area contributed by atoms with Crippen LogP contribution in [-0.2, 0) is 0 Å². The van der Waals surface area contributed by atoms with E-state index < -0.39 is 0 Å². The highest BCUT2D eigenvalue weighted by Crippen LogP contribution is 2.24. The molecule has 0 spiro atoms. The summed E-state index contributed by atoms with van der Waals surface area (Å²) in [6.45, 7) is 5.70. The van der Waals surface area contributed by atoms with Crippen LogP contribution in [0.2, 0.25) is 5.02 Å². The molecular weight excluding hydrogens is 316 g/mol. The summed E-state index contributed by atoms with van der Waals surface area (Å²) in [6.07, 6.45) is 0. The summed E-state index contributed by atoms with van der Waals surface area (Å²) in [5, 5.41) is 3.93. The fraction of sp³-hybridized carbons (Fsp3) is 0.462. The SMILES string of the molecule is CC1CN(C(=O)c2ccc(Br)c(Cl)c2)C(C)CN1. The maximum atomic E-state index is 12.4. The molecule has 1 saturated heterocycles. The molecule has 2 atom stereocenters. The van der Waals surface area contributed by atoms with E-state index in [2.05, 4.69) is 35.1 Å². The summed E-state index contributed by atoms with van der Waals surface area (Å²) in [7, 11) is 0. The summed E-state index contributed by atoms with van der Waals surface area (Å²) >= 11 is 9.36. The third kappa shape index (κ3) is 2.87. The topological polar surface area (TPSA) is 32.3 Å². The van der Waals surface area contributed by atoms with E-state index in [1.54, 1.807) is 12.1 Å². The molecule has 1 aliphatic heterocycles. The Morgan fingerprint density at radius 1 is 1.50 bits per heavy atom.